The molecule has 11 rings (SSSR count). The molecule has 0 unspecified atom stereocenters. The molecule has 0 aliphatic carbocycles. The molecule has 0 amide bonds. The summed E-state index contributed by atoms with van der Waals surface area (Å²) >= 11 is 0. The van der Waals surface area contributed by atoms with E-state index in [9.17, 15) is 0 Å². The topological polar surface area (TPSA) is 29.5 Å². The van der Waals surface area contributed by atoms with Gasteiger partial charge < -0.3 is 13.7 Å². The number of hydrogen-bond donors (Lipinski definition) is 0. The van der Waals surface area contributed by atoms with Gasteiger partial charge in [-0.2, -0.15) is 0 Å². The molecule has 0 atom stereocenters. The Hall–Kier alpha value is -7.62. The second-order valence-corrected chi connectivity index (χ2v) is 14.5. The van der Waals surface area contributed by atoms with Crippen LogP contribution in [0.15, 0.2) is 221 Å². The second kappa shape index (κ2) is 13.6. The van der Waals surface area contributed by atoms with Crippen molar-refractivity contribution in [3.05, 3.63) is 212 Å². The van der Waals surface area contributed by atoms with Crippen molar-refractivity contribution in [2.75, 3.05) is 4.90 Å². The van der Waals surface area contributed by atoms with E-state index in [1.54, 1.807) is 0 Å². The molecule has 57 heavy (non-hydrogen) atoms. The summed E-state index contributed by atoms with van der Waals surface area (Å²) in [6, 6.07) is 75.2. The number of hydrogen-bond acceptors (Lipinski definition) is 3. The molecular weight excluding hydrogens is 695 g/mol. The average molecular weight is 730 g/mol. The van der Waals surface area contributed by atoms with Gasteiger partial charge in [-0.3, -0.25) is 0 Å². The van der Waals surface area contributed by atoms with Crippen LogP contribution in [0, 0.1) is 0 Å². The van der Waals surface area contributed by atoms with E-state index in [2.05, 4.69) is 199 Å². The third kappa shape index (κ3) is 5.76. The fourth-order valence-corrected chi connectivity index (χ4v) is 8.33. The van der Waals surface area contributed by atoms with E-state index in [0.717, 1.165) is 105 Å². The zero-order valence-corrected chi connectivity index (χ0v) is 31.0. The highest BCUT2D eigenvalue weighted by atomic mass is 16.3. The first kappa shape index (κ1) is 32.8. The molecule has 0 fully saturated rings. The van der Waals surface area contributed by atoms with Crippen LogP contribution < -0.4 is 4.90 Å². The highest BCUT2D eigenvalue weighted by Gasteiger charge is 2.21. The molecule has 3 heteroatoms. The van der Waals surface area contributed by atoms with Crippen molar-refractivity contribution in [1.82, 2.24) is 0 Å². The first-order valence-corrected chi connectivity index (χ1v) is 19.3. The van der Waals surface area contributed by atoms with Crippen molar-refractivity contribution in [2.45, 2.75) is 0 Å². The summed E-state index contributed by atoms with van der Waals surface area (Å²) in [6.07, 6.45) is 0. The van der Waals surface area contributed by atoms with E-state index >= 15 is 0 Å². The summed E-state index contributed by atoms with van der Waals surface area (Å²) in [4.78, 5) is 2.38. The highest BCUT2D eigenvalue weighted by molar-refractivity contribution is 6.14. The lowest BCUT2D eigenvalue weighted by molar-refractivity contribution is 0.669. The monoisotopic (exact) mass is 729 g/mol. The quantitative estimate of drug-likeness (QED) is 0.164. The van der Waals surface area contributed by atoms with Crippen LogP contribution in [-0.2, 0) is 0 Å². The molecule has 2 heterocycles. The second-order valence-electron chi connectivity index (χ2n) is 14.5. The lowest BCUT2D eigenvalue weighted by atomic mass is 9.96. The van der Waals surface area contributed by atoms with Crippen molar-refractivity contribution >= 4 is 60.9 Å². The molecule has 9 aromatic carbocycles. The van der Waals surface area contributed by atoms with E-state index in [0.29, 0.717) is 0 Å². The number of fused-ring (bicyclic) bond motifs is 6. The SMILES string of the molecule is c1ccc(-c2cc(-c3ccccc3)cc(N(c3ccc(-c4ccc5oc6c(-c7ccccc7)cccc6c5c4)cc3)c3cccc4oc5ccccc5c34)c2)cc1. The standard InChI is InChI=1S/C54H35NO2/c1-4-14-36(15-5-1)41-32-42(37-16-6-2-7-17-37)34-44(33-41)55(49-23-13-25-52-53(49)47-20-10-11-24-50(47)56-52)43-29-26-38(27-30-43)40-28-31-51-48(35-40)46-22-12-21-45(54(46)57-51)39-18-8-3-9-19-39/h1-35H. The Morgan fingerprint density at radius 2 is 0.860 bits per heavy atom. The van der Waals surface area contributed by atoms with Crippen LogP contribution in [0.1, 0.15) is 0 Å². The Morgan fingerprint density at radius 1 is 0.298 bits per heavy atom. The van der Waals surface area contributed by atoms with E-state index < -0.39 is 0 Å². The lowest BCUT2D eigenvalue weighted by Crippen LogP contribution is -2.10. The van der Waals surface area contributed by atoms with E-state index in [1.165, 1.54) is 0 Å². The maximum Gasteiger partial charge on any atom is 0.143 e. The minimum atomic E-state index is 0.855. The van der Waals surface area contributed by atoms with Gasteiger partial charge in [0.25, 0.3) is 0 Å². The predicted molar refractivity (Wildman–Crippen MR) is 237 cm³/mol. The minimum absolute atomic E-state index is 0.855. The molecule has 0 bridgehead atoms. The van der Waals surface area contributed by atoms with Crippen LogP contribution in [0.2, 0.25) is 0 Å². The Morgan fingerprint density at radius 3 is 1.58 bits per heavy atom. The van der Waals surface area contributed by atoms with Crippen molar-refractivity contribution in [2.24, 2.45) is 0 Å². The molecule has 0 N–H and O–H groups in total. The predicted octanol–water partition coefficient (Wildman–Crippen LogP) is 15.6. The van der Waals surface area contributed by atoms with E-state index in [4.69, 9.17) is 8.83 Å². The molecule has 0 spiro atoms. The first-order valence-electron chi connectivity index (χ1n) is 19.3. The molecule has 11 aromatic rings. The Kier molecular flexibility index (Phi) is 7.82. The number of rotatable bonds is 7. The fraction of sp³-hybridized carbons (Fsp3) is 0. The summed E-state index contributed by atoms with van der Waals surface area (Å²) in [5.41, 5.74) is 15.8. The Bertz CT molecular complexity index is 3160. The van der Waals surface area contributed by atoms with Gasteiger partial charge in [0.2, 0.25) is 0 Å². The average Bonchev–Trinajstić information content (AvgIpc) is 3.86. The molecule has 268 valence electrons. The summed E-state index contributed by atoms with van der Waals surface area (Å²) in [7, 11) is 0. The summed E-state index contributed by atoms with van der Waals surface area (Å²) < 4.78 is 12.9. The summed E-state index contributed by atoms with van der Waals surface area (Å²) in [5.74, 6) is 0. The highest BCUT2D eigenvalue weighted by Crippen LogP contribution is 2.45. The minimum Gasteiger partial charge on any atom is -0.456 e. The Labute approximate surface area is 330 Å². The molecule has 0 aliphatic rings. The van der Waals surface area contributed by atoms with Crippen LogP contribution in [-0.4, -0.2) is 0 Å². The molecule has 0 radical (unpaired) electrons. The van der Waals surface area contributed by atoms with Gasteiger partial charge in [0, 0.05) is 33.1 Å². The zero-order valence-electron chi connectivity index (χ0n) is 31.0. The molecule has 0 saturated carbocycles. The number of furan rings is 2. The number of nitrogens with zero attached hydrogens (tertiary/aromatic N) is 1. The van der Waals surface area contributed by atoms with Gasteiger partial charge in [-0.1, -0.05) is 152 Å². The van der Waals surface area contributed by atoms with Gasteiger partial charge in [-0.25, -0.2) is 0 Å². The van der Waals surface area contributed by atoms with Gasteiger partial charge in [0.1, 0.15) is 22.3 Å². The smallest absolute Gasteiger partial charge is 0.143 e. The van der Waals surface area contributed by atoms with Crippen LogP contribution in [0.4, 0.5) is 17.1 Å². The summed E-state index contributed by atoms with van der Waals surface area (Å²) in [6.45, 7) is 0. The molecule has 0 aliphatic heterocycles. The van der Waals surface area contributed by atoms with Crippen LogP contribution in [0.3, 0.4) is 0 Å². The first-order chi connectivity index (χ1) is 28.2. The van der Waals surface area contributed by atoms with Gasteiger partial charge in [-0.05, 0) is 99.6 Å². The zero-order chi connectivity index (χ0) is 37.7. The van der Waals surface area contributed by atoms with Crippen molar-refractivity contribution in [3.8, 4) is 44.5 Å². The van der Waals surface area contributed by atoms with Crippen molar-refractivity contribution in [1.29, 1.82) is 0 Å². The van der Waals surface area contributed by atoms with E-state index in [-0.39, 0.29) is 0 Å². The maximum atomic E-state index is 6.51. The number of para-hydroxylation sites is 2. The van der Waals surface area contributed by atoms with Crippen LogP contribution in [0.5, 0.6) is 0 Å². The molecule has 2 aromatic heterocycles. The van der Waals surface area contributed by atoms with E-state index in [1.807, 2.05) is 18.2 Å². The van der Waals surface area contributed by atoms with Crippen molar-refractivity contribution < 1.29 is 8.83 Å². The maximum absolute atomic E-state index is 6.51. The van der Waals surface area contributed by atoms with Gasteiger partial charge in [-0.15, -0.1) is 0 Å². The largest absolute Gasteiger partial charge is 0.456 e. The molecule has 3 nitrogen and oxygen atoms in total. The third-order valence-corrected chi connectivity index (χ3v) is 11.1. The third-order valence-electron chi connectivity index (χ3n) is 11.1. The lowest BCUT2D eigenvalue weighted by Gasteiger charge is -2.28. The normalized spacial score (nSPS) is 11.5. The van der Waals surface area contributed by atoms with Gasteiger partial charge in [0.05, 0.1) is 11.1 Å². The van der Waals surface area contributed by atoms with Gasteiger partial charge >= 0.3 is 0 Å². The molecular formula is C54H35NO2. The Balaban J connectivity index is 1.08. The number of anilines is 3. The van der Waals surface area contributed by atoms with Gasteiger partial charge in [0.15, 0.2) is 0 Å². The fourth-order valence-electron chi connectivity index (χ4n) is 8.33. The van der Waals surface area contributed by atoms with Crippen LogP contribution in [0.25, 0.3) is 88.4 Å². The van der Waals surface area contributed by atoms with Crippen molar-refractivity contribution in [3.63, 3.8) is 0 Å². The van der Waals surface area contributed by atoms with Crippen LogP contribution >= 0.6 is 0 Å². The molecule has 0 saturated heterocycles. The number of benzene rings is 9. The summed E-state index contributed by atoms with van der Waals surface area (Å²) in [5, 5.41) is 4.39.